The largest absolute Gasteiger partial charge is 0.491 e. The predicted octanol–water partition coefficient (Wildman–Crippen LogP) is -1.57. The van der Waals surface area contributed by atoms with Crippen LogP contribution >= 0.6 is 0 Å². The van der Waals surface area contributed by atoms with Gasteiger partial charge in [0.1, 0.15) is 42.5 Å². The summed E-state index contributed by atoms with van der Waals surface area (Å²) in [4.78, 5) is 11.5. The monoisotopic (exact) mass is 489 g/mol. The van der Waals surface area contributed by atoms with Crippen LogP contribution in [0.4, 0.5) is 0 Å². The van der Waals surface area contributed by atoms with E-state index in [-0.39, 0.29) is 6.61 Å². The number of carbonyl (C=O) groups is 1. The Kier molecular flexibility index (Phi) is 13.1. The summed E-state index contributed by atoms with van der Waals surface area (Å²) < 4.78 is 32.7. The van der Waals surface area contributed by atoms with Crippen molar-refractivity contribution in [2.24, 2.45) is 0 Å². The minimum Gasteiger partial charge on any atom is -0.491 e. The van der Waals surface area contributed by atoms with Crippen LogP contribution in [0.3, 0.4) is 0 Å². The SMILES string of the molecule is CC(=O)N[C@H]1[C@H](Oc2ccc(OCCOCCOCCOCCO)cc2)O[C@H](CO)[C@H](O)[C@@H]1O. The maximum absolute atomic E-state index is 11.5. The Hall–Kier alpha value is -2.03. The third-order valence-corrected chi connectivity index (χ3v) is 4.80. The van der Waals surface area contributed by atoms with Gasteiger partial charge < -0.3 is 54.2 Å². The first kappa shape index (κ1) is 28.2. The second kappa shape index (κ2) is 15.8. The molecule has 0 aliphatic carbocycles. The fraction of sp³-hybridized carbons (Fsp3) is 0.682. The van der Waals surface area contributed by atoms with Gasteiger partial charge in [-0.25, -0.2) is 0 Å². The Labute approximate surface area is 198 Å². The van der Waals surface area contributed by atoms with Gasteiger partial charge in [-0.1, -0.05) is 0 Å². The molecule has 0 radical (unpaired) electrons. The van der Waals surface area contributed by atoms with Gasteiger partial charge in [-0.05, 0) is 24.3 Å². The van der Waals surface area contributed by atoms with E-state index in [2.05, 4.69) is 5.32 Å². The zero-order valence-electron chi connectivity index (χ0n) is 19.2. The van der Waals surface area contributed by atoms with Crippen molar-refractivity contribution < 1.29 is 53.6 Å². The molecule has 0 bridgehead atoms. The van der Waals surface area contributed by atoms with Gasteiger partial charge in [0.15, 0.2) is 0 Å². The van der Waals surface area contributed by atoms with Gasteiger partial charge in [0.25, 0.3) is 0 Å². The average molecular weight is 490 g/mol. The number of aliphatic hydroxyl groups is 4. The van der Waals surface area contributed by atoms with E-state index in [1.54, 1.807) is 24.3 Å². The second-order valence-electron chi connectivity index (χ2n) is 7.43. The molecule has 0 spiro atoms. The number of aliphatic hydroxyl groups excluding tert-OH is 4. The van der Waals surface area contributed by atoms with Gasteiger partial charge >= 0.3 is 0 Å². The molecule has 12 nitrogen and oxygen atoms in total. The Morgan fingerprint density at radius 2 is 1.44 bits per heavy atom. The first-order chi connectivity index (χ1) is 16.5. The third kappa shape index (κ3) is 9.68. The molecule has 1 fully saturated rings. The topological polar surface area (TPSA) is 165 Å². The molecule has 1 heterocycles. The molecule has 1 aliphatic heterocycles. The van der Waals surface area contributed by atoms with E-state index in [1.165, 1.54) is 6.92 Å². The number of rotatable bonds is 16. The van der Waals surface area contributed by atoms with Crippen LogP contribution in [0, 0.1) is 0 Å². The highest BCUT2D eigenvalue weighted by molar-refractivity contribution is 5.73. The molecule has 1 amide bonds. The molecule has 34 heavy (non-hydrogen) atoms. The number of ether oxygens (including phenoxy) is 6. The minimum absolute atomic E-state index is 0.00689. The van der Waals surface area contributed by atoms with Crippen LogP contribution in [0.15, 0.2) is 24.3 Å². The van der Waals surface area contributed by atoms with Crippen LogP contribution < -0.4 is 14.8 Å². The molecule has 0 aromatic heterocycles. The lowest BCUT2D eigenvalue weighted by atomic mass is 9.97. The van der Waals surface area contributed by atoms with E-state index >= 15 is 0 Å². The molecule has 1 aromatic carbocycles. The van der Waals surface area contributed by atoms with Gasteiger partial charge in [0.05, 0.1) is 52.9 Å². The number of hydrogen-bond acceptors (Lipinski definition) is 11. The number of benzene rings is 1. The number of carbonyl (C=O) groups excluding carboxylic acids is 1. The first-order valence-electron chi connectivity index (χ1n) is 11.1. The minimum atomic E-state index is -1.38. The molecule has 5 N–H and O–H groups in total. The van der Waals surface area contributed by atoms with Crippen molar-refractivity contribution >= 4 is 5.91 Å². The van der Waals surface area contributed by atoms with E-state index in [4.69, 9.17) is 33.5 Å². The van der Waals surface area contributed by atoms with Gasteiger partial charge in [-0.2, -0.15) is 0 Å². The summed E-state index contributed by atoms with van der Waals surface area (Å²) >= 11 is 0. The van der Waals surface area contributed by atoms with Gasteiger partial charge in [-0.15, -0.1) is 0 Å². The lowest BCUT2D eigenvalue weighted by Gasteiger charge is -2.42. The van der Waals surface area contributed by atoms with Crippen LogP contribution in [0.1, 0.15) is 6.92 Å². The molecule has 0 unspecified atom stereocenters. The van der Waals surface area contributed by atoms with E-state index < -0.39 is 43.2 Å². The fourth-order valence-electron chi connectivity index (χ4n) is 3.14. The van der Waals surface area contributed by atoms with Crippen molar-refractivity contribution in [3.63, 3.8) is 0 Å². The summed E-state index contributed by atoms with van der Waals surface area (Å²) in [7, 11) is 0. The number of hydrogen-bond donors (Lipinski definition) is 5. The Balaban J connectivity index is 1.71. The molecule has 5 atom stereocenters. The summed E-state index contributed by atoms with van der Waals surface area (Å²) in [6.45, 7) is 3.46. The zero-order chi connectivity index (χ0) is 24.8. The van der Waals surface area contributed by atoms with E-state index in [9.17, 15) is 20.1 Å². The zero-order valence-corrected chi connectivity index (χ0v) is 19.2. The summed E-state index contributed by atoms with van der Waals surface area (Å²) in [5.41, 5.74) is 0. The molecule has 0 saturated carbocycles. The van der Waals surface area contributed by atoms with Crippen molar-refractivity contribution in [1.82, 2.24) is 5.32 Å². The van der Waals surface area contributed by atoms with Crippen molar-refractivity contribution in [2.45, 2.75) is 37.6 Å². The highest BCUT2D eigenvalue weighted by atomic mass is 16.7. The van der Waals surface area contributed by atoms with Crippen molar-refractivity contribution in [3.05, 3.63) is 24.3 Å². The number of amides is 1. The van der Waals surface area contributed by atoms with Crippen LogP contribution in [0.2, 0.25) is 0 Å². The molecule has 12 heteroatoms. The maximum atomic E-state index is 11.5. The fourth-order valence-corrected chi connectivity index (χ4v) is 3.14. The molecule has 194 valence electrons. The Morgan fingerprint density at radius 1 is 0.882 bits per heavy atom. The van der Waals surface area contributed by atoms with E-state index in [0.717, 1.165) is 0 Å². The molecular weight excluding hydrogens is 454 g/mol. The summed E-state index contributed by atoms with van der Waals surface area (Å²) in [6.07, 6.45) is -4.94. The standard InChI is InChI=1S/C22H35NO11/c1-15(26)23-19-21(28)20(27)18(14-25)34-22(19)33-17-4-2-16(3-5-17)32-13-12-31-11-10-30-9-8-29-7-6-24/h2-5,18-22,24-25,27-28H,6-14H2,1H3,(H,23,26)/t18-,19-,20+,21-,22-/m1/s1. The van der Waals surface area contributed by atoms with Crippen LogP contribution in [-0.4, -0.2) is 116 Å². The van der Waals surface area contributed by atoms with Crippen molar-refractivity contribution in [2.75, 3.05) is 59.5 Å². The Morgan fingerprint density at radius 3 is 2.00 bits per heavy atom. The van der Waals surface area contributed by atoms with Crippen LogP contribution in [0.25, 0.3) is 0 Å². The lowest BCUT2D eigenvalue weighted by Crippen LogP contribution is -2.65. The third-order valence-electron chi connectivity index (χ3n) is 4.80. The highest BCUT2D eigenvalue weighted by Crippen LogP contribution is 2.25. The summed E-state index contributed by atoms with van der Waals surface area (Å²) in [6, 6.07) is 5.58. The van der Waals surface area contributed by atoms with E-state index in [1.807, 2.05) is 0 Å². The van der Waals surface area contributed by atoms with Crippen LogP contribution in [-0.2, 0) is 23.7 Å². The molecule has 2 rings (SSSR count). The summed E-state index contributed by atoms with van der Waals surface area (Å²) in [5.74, 6) is 0.532. The first-order valence-corrected chi connectivity index (χ1v) is 11.1. The van der Waals surface area contributed by atoms with Crippen LogP contribution in [0.5, 0.6) is 11.5 Å². The Bertz CT molecular complexity index is 690. The molecule has 1 aliphatic rings. The smallest absolute Gasteiger partial charge is 0.223 e. The van der Waals surface area contributed by atoms with Gasteiger partial charge in [0, 0.05) is 6.92 Å². The maximum Gasteiger partial charge on any atom is 0.223 e. The summed E-state index contributed by atoms with van der Waals surface area (Å²) in [5, 5.41) is 40.8. The van der Waals surface area contributed by atoms with Gasteiger partial charge in [0.2, 0.25) is 12.2 Å². The number of nitrogens with one attached hydrogen (secondary N) is 1. The molecular formula is C22H35NO11. The normalized spacial score (nSPS) is 24.6. The van der Waals surface area contributed by atoms with Crippen molar-refractivity contribution in [1.29, 1.82) is 0 Å². The lowest BCUT2D eigenvalue weighted by molar-refractivity contribution is -0.244. The van der Waals surface area contributed by atoms with E-state index in [0.29, 0.717) is 57.7 Å². The quantitative estimate of drug-likeness (QED) is 0.170. The molecule has 1 saturated heterocycles. The average Bonchev–Trinajstić information content (AvgIpc) is 2.83. The molecule has 1 aromatic rings. The van der Waals surface area contributed by atoms with Gasteiger partial charge in [-0.3, -0.25) is 4.79 Å². The predicted molar refractivity (Wildman–Crippen MR) is 117 cm³/mol. The highest BCUT2D eigenvalue weighted by Gasteiger charge is 2.46. The second-order valence-corrected chi connectivity index (χ2v) is 7.43. The van der Waals surface area contributed by atoms with Crippen molar-refractivity contribution in [3.8, 4) is 11.5 Å².